The van der Waals surface area contributed by atoms with E-state index in [1.54, 1.807) is 0 Å². The van der Waals surface area contributed by atoms with Crippen molar-refractivity contribution in [3.05, 3.63) is 83.7 Å². The molecule has 158 valence electrons. The molecule has 0 amide bonds. The topological polar surface area (TPSA) is 32.5 Å². The van der Waals surface area contributed by atoms with Crippen LogP contribution in [0.3, 0.4) is 0 Å². The maximum absolute atomic E-state index is 5.49. The molecule has 30 heavy (non-hydrogen) atoms. The Morgan fingerprint density at radius 2 is 1.53 bits per heavy atom. The molecule has 0 aliphatic carbocycles. The summed E-state index contributed by atoms with van der Waals surface area (Å²) in [4.78, 5) is 5.06. The fourth-order valence-corrected chi connectivity index (χ4v) is 3.77. The monoisotopic (exact) mass is 423 g/mol. The van der Waals surface area contributed by atoms with E-state index in [0.717, 1.165) is 57.0 Å². The Balaban J connectivity index is 0.00000256. The van der Waals surface area contributed by atoms with Crippen molar-refractivity contribution in [3.8, 4) is 0 Å². The number of nitrogens with zero attached hydrogens (tertiary/aromatic N) is 3. The van der Waals surface area contributed by atoms with Crippen molar-refractivity contribution < 1.29 is 4.52 Å². The molecule has 1 saturated heterocycles. The molecule has 0 bridgehead atoms. The van der Waals surface area contributed by atoms with Crippen LogP contribution in [0, 0.1) is 0 Å². The molecule has 0 atom stereocenters. The highest BCUT2D eigenvalue weighted by Crippen LogP contribution is 2.16. The average molecular weight is 424 g/mol. The summed E-state index contributed by atoms with van der Waals surface area (Å²) in [7, 11) is 0. The van der Waals surface area contributed by atoms with Crippen molar-refractivity contribution in [2.45, 2.75) is 19.3 Å². The Bertz CT molecular complexity index is 887. The molecule has 0 unspecified atom stereocenters. The summed E-state index contributed by atoms with van der Waals surface area (Å²) in [5, 5.41) is 4.16. The third-order valence-electron chi connectivity index (χ3n) is 5.46. The molecular formula is C25H30ClN3O. The summed E-state index contributed by atoms with van der Waals surface area (Å²) < 4.78 is 5.49. The molecular weight excluding hydrogens is 394 g/mol. The van der Waals surface area contributed by atoms with E-state index in [4.69, 9.17) is 4.52 Å². The summed E-state index contributed by atoms with van der Waals surface area (Å²) >= 11 is 0. The van der Waals surface area contributed by atoms with Gasteiger partial charge in [0.05, 0.1) is 0 Å². The zero-order valence-corrected chi connectivity index (χ0v) is 18.1. The van der Waals surface area contributed by atoms with Crippen LogP contribution in [0.4, 0.5) is 5.69 Å². The van der Waals surface area contributed by atoms with Gasteiger partial charge in [0.1, 0.15) is 11.5 Å². The summed E-state index contributed by atoms with van der Waals surface area (Å²) in [6.07, 6.45) is 7.36. The normalized spacial score (nSPS) is 14.7. The third kappa shape index (κ3) is 6.48. The van der Waals surface area contributed by atoms with Gasteiger partial charge in [-0.15, -0.1) is 12.4 Å². The number of para-hydroxylation sites is 1. The zero-order valence-electron chi connectivity index (χ0n) is 17.3. The van der Waals surface area contributed by atoms with E-state index in [1.807, 2.05) is 24.3 Å². The molecule has 4 nitrogen and oxygen atoms in total. The van der Waals surface area contributed by atoms with Crippen molar-refractivity contribution in [2.75, 3.05) is 37.6 Å². The van der Waals surface area contributed by atoms with Crippen LogP contribution in [0.25, 0.3) is 12.2 Å². The van der Waals surface area contributed by atoms with E-state index in [9.17, 15) is 0 Å². The number of hydrogen-bond acceptors (Lipinski definition) is 4. The number of benzene rings is 2. The van der Waals surface area contributed by atoms with Gasteiger partial charge in [0, 0.05) is 44.4 Å². The number of piperazine rings is 1. The quantitative estimate of drug-likeness (QED) is 0.453. The second-order valence-corrected chi connectivity index (χ2v) is 7.58. The first-order valence-electron chi connectivity index (χ1n) is 10.6. The van der Waals surface area contributed by atoms with Gasteiger partial charge in [-0.2, -0.15) is 0 Å². The van der Waals surface area contributed by atoms with Crippen LogP contribution < -0.4 is 4.90 Å². The Labute approximate surface area is 185 Å². The smallest absolute Gasteiger partial charge is 0.137 e. The van der Waals surface area contributed by atoms with Crippen LogP contribution in [-0.2, 0) is 6.42 Å². The second-order valence-electron chi connectivity index (χ2n) is 7.58. The van der Waals surface area contributed by atoms with E-state index < -0.39 is 0 Å². The molecule has 2 heterocycles. The van der Waals surface area contributed by atoms with Gasteiger partial charge >= 0.3 is 0 Å². The third-order valence-corrected chi connectivity index (χ3v) is 5.46. The van der Waals surface area contributed by atoms with Crippen molar-refractivity contribution in [1.29, 1.82) is 0 Å². The molecule has 0 N–H and O–H groups in total. The number of aromatic nitrogens is 1. The maximum atomic E-state index is 5.49. The van der Waals surface area contributed by atoms with E-state index in [2.05, 4.69) is 69.6 Å². The Hall–Kier alpha value is -2.56. The molecule has 0 saturated carbocycles. The van der Waals surface area contributed by atoms with Crippen LogP contribution in [-0.4, -0.2) is 42.8 Å². The summed E-state index contributed by atoms with van der Waals surface area (Å²) in [6.45, 7) is 5.68. The first-order chi connectivity index (χ1) is 14.4. The molecule has 0 radical (unpaired) electrons. The molecule has 5 heteroatoms. The highest BCUT2D eigenvalue weighted by Gasteiger charge is 2.16. The van der Waals surface area contributed by atoms with Crippen LogP contribution in [0.2, 0.25) is 0 Å². The molecule has 1 aromatic heterocycles. The highest BCUT2D eigenvalue weighted by molar-refractivity contribution is 5.85. The van der Waals surface area contributed by atoms with Crippen molar-refractivity contribution in [3.63, 3.8) is 0 Å². The van der Waals surface area contributed by atoms with Crippen LogP contribution in [0.5, 0.6) is 0 Å². The molecule has 1 fully saturated rings. The molecule has 1 aliphatic rings. The molecule has 1 aliphatic heterocycles. The minimum absolute atomic E-state index is 0. The first-order valence-corrected chi connectivity index (χ1v) is 10.6. The number of aryl methyl sites for hydroxylation is 1. The fraction of sp³-hybridized carbons (Fsp3) is 0.320. The van der Waals surface area contributed by atoms with Gasteiger partial charge in [-0.05, 0) is 43.2 Å². The van der Waals surface area contributed by atoms with Crippen LogP contribution >= 0.6 is 12.4 Å². The van der Waals surface area contributed by atoms with Crippen LogP contribution in [0.15, 0.2) is 71.3 Å². The van der Waals surface area contributed by atoms with Gasteiger partial charge in [-0.25, -0.2) is 0 Å². The van der Waals surface area contributed by atoms with Gasteiger partial charge in [0.25, 0.3) is 0 Å². The van der Waals surface area contributed by atoms with Gasteiger partial charge in [-0.1, -0.05) is 59.8 Å². The van der Waals surface area contributed by atoms with E-state index in [0.29, 0.717) is 0 Å². The van der Waals surface area contributed by atoms with Crippen molar-refractivity contribution >= 4 is 30.2 Å². The summed E-state index contributed by atoms with van der Waals surface area (Å²) in [5.74, 6) is 0.978. The Morgan fingerprint density at radius 3 is 2.27 bits per heavy atom. The molecule has 4 rings (SSSR count). The second kappa shape index (κ2) is 11.6. The van der Waals surface area contributed by atoms with Gasteiger partial charge in [0.15, 0.2) is 0 Å². The van der Waals surface area contributed by atoms with Crippen molar-refractivity contribution in [2.24, 2.45) is 0 Å². The minimum atomic E-state index is 0. The summed E-state index contributed by atoms with van der Waals surface area (Å²) in [5.41, 5.74) is 3.40. The largest absolute Gasteiger partial charge is 0.369 e. The predicted octanol–water partition coefficient (Wildman–Crippen LogP) is 5.41. The van der Waals surface area contributed by atoms with Crippen LogP contribution in [0.1, 0.15) is 29.9 Å². The minimum Gasteiger partial charge on any atom is -0.369 e. The SMILES string of the molecule is C(=C\c1cc(CCCCN2CCN(c3ccccc3)CC2)on1)/c1ccccc1.Cl. The average Bonchev–Trinajstić information content (AvgIpc) is 3.25. The van der Waals surface area contributed by atoms with Gasteiger partial charge in [0.2, 0.25) is 0 Å². The lowest BCUT2D eigenvalue weighted by molar-refractivity contribution is 0.251. The number of hydrogen-bond donors (Lipinski definition) is 0. The Morgan fingerprint density at radius 1 is 0.833 bits per heavy atom. The van der Waals surface area contributed by atoms with E-state index in [1.165, 1.54) is 17.7 Å². The zero-order chi connectivity index (χ0) is 19.7. The molecule has 3 aromatic rings. The highest BCUT2D eigenvalue weighted by atomic mass is 35.5. The lowest BCUT2D eigenvalue weighted by atomic mass is 10.1. The Kier molecular flexibility index (Phi) is 8.54. The fourth-order valence-electron chi connectivity index (χ4n) is 3.77. The standard InChI is InChI=1S/C25H29N3O.ClH/c1-3-9-22(10-4-1)14-15-23-21-25(29-26-23)13-7-8-16-27-17-19-28(20-18-27)24-11-5-2-6-12-24;/h1-6,9-12,14-15,21H,7-8,13,16-20H2;1H/b15-14+;. The predicted molar refractivity (Wildman–Crippen MR) is 127 cm³/mol. The van der Waals surface area contributed by atoms with Gasteiger partial charge < -0.3 is 9.42 Å². The van der Waals surface area contributed by atoms with E-state index >= 15 is 0 Å². The van der Waals surface area contributed by atoms with Crippen molar-refractivity contribution in [1.82, 2.24) is 10.1 Å². The number of rotatable bonds is 8. The lowest BCUT2D eigenvalue weighted by Gasteiger charge is -2.36. The number of halogens is 1. The first kappa shape index (κ1) is 22.1. The number of anilines is 1. The lowest BCUT2D eigenvalue weighted by Crippen LogP contribution is -2.46. The van der Waals surface area contributed by atoms with Gasteiger partial charge in [-0.3, -0.25) is 4.90 Å². The van der Waals surface area contributed by atoms with E-state index in [-0.39, 0.29) is 12.4 Å². The molecule has 2 aromatic carbocycles. The molecule has 0 spiro atoms. The summed E-state index contributed by atoms with van der Waals surface area (Å²) in [6, 6.07) is 23.0. The maximum Gasteiger partial charge on any atom is 0.137 e. The number of unbranched alkanes of at least 4 members (excludes halogenated alkanes) is 1.